The zero-order chi connectivity index (χ0) is 17.1. The standard InChI is InChI=1S/C19H15BrO4/c1-22-14-11-15(23-2)17(20)19-16(14)18(21)13(24-19)10-6-9-12-7-4-3-5-8-12/h3-11H,1-2H3. The molecule has 0 unspecified atom stereocenters. The molecule has 0 radical (unpaired) electrons. The highest BCUT2D eigenvalue weighted by atomic mass is 79.9. The van der Waals surface area contributed by atoms with Crippen LogP contribution in [-0.4, -0.2) is 20.0 Å². The molecule has 0 saturated heterocycles. The van der Waals surface area contributed by atoms with E-state index in [0.29, 0.717) is 27.3 Å². The molecule has 0 N–H and O–H groups in total. The van der Waals surface area contributed by atoms with Gasteiger partial charge < -0.3 is 14.2 Å². The number of hydrogen-bond acceptors (Lipinski definition) is 4. The molecule has 0 aliphatic carbocycles. The van der Waals surface area contributed by atoms with Crippen molar-refractivity contribution in [3.63, 3.8) is 0 Å². The molecule has 1 aliphatic heterocycles. The number of carbonyl (C=O) groups is 1. The van der Waals surface area contributed by atoms with Gasteiger partial charge in [0.05, 0.1) is 14.2 Å². The highest BCUT2D eigenvalue weighted by molar-refractivity contribution is 9.10. The van der Waals surface area contributed by atoms with Crippen LogP contribution in [-0.2, 0) is 0 Å². The largest absolute Gasteiger partial charge is 0.496 e. The van der Waals surface area contributed by atoms with E-state index >= 15 is 0 Å². The lowest BCUT2D eigenvalue weighted by Crippen LogP contribution is -2.00. The Bertz CT molecular complexity index is 838. The Labute approximate surface area is 148 Å². The number of halogens is 1. The molecular weight excluding hydrogens is 372 g/mol. The molecule has 1 aliphatic rings. The van der Waals surface area contributed by atoms with Crippen LogP contribution in [0.4, 0.5) is 0 Å². The molecular formula is C19H15BrO4. The van der Waals surface area contributed by atoms with Gasteiger partial charge in [-0.2, -0.15) is 0 Å². The SMILES string of the molecule is COc1cc(OC)c2c(c1Br)OC(=CC=Cc1ccccc1)C2=O. The summed E-state index contributed by atoms with van der Waals surface area (Å²) < 4.78 is 16.9. The van der Waals surface area contributed by atoms with Crippen LogP contribution in [0.3, 0.4) is 0 Å². The Morgan fingerprint density at radius 3 is 2.46 bits per heavy atom. The van der Waals surface area contributed by atoms with E-state index in [9.17, 15) is 4.79 Å². The molecule has 1 heterocycles. The maximum atomic E-state index is 12.6. The van der Waals surface area contributed by atoms with Gasteiger partial charge in [-0.1, -0.05) is 42.5 Å². The highest BCUT2D eigenvalue weighted by Crippen LogP contribution is 2.47. The number of ketones is 1. The summed E-state index contributed by atoms with van der Waals surface area (Å²) in [6.07, 6.45) is 5.33. The van der Waals surface area contributed by atoms with Crippen LogP contribution in [0.15, 0.2) is 58.8 Å². The molecule has 3 rings (SSSR count). The van der Waals surface area contributed by atoms with Gasteiger partial charge in [0.15, 0.2) is 11.5 Å². The van der Waals surface area contributed by atoms with E-state index in [2.05, 4.69) is 15.9 Å². The van der Waals surface area contributed by atoms with Crippen molar-refractivity contribution in [2.24, 2.45) is 0 Å². The monoisotopic (exact) mass is 386 g/mol. The first-order chi connectivity index (χ1) is 11.7. The second kappa shape index (κ2) is 6.93. The fraction of sp³-hybridized carbons (Fsp3) is 0.105. The predicted octanol–water partition coefficient (Wildman–Crippen LogP) is 4.64. The van der Waals surface area contributed by atoms with Gasteiger partial charge in [-0.15, -0.1) is 0 Å². The van der Waals surface area contributed by atoms with Gasteiger partial charge in [0.25, 0.3) is 0 Å². The number of carbonyl (C=O) groups excluding carboxylic acids is 1. The highest BCUT2D eigenvalue weighted by Gasteiger charge is 2.34. The van der Waals surface area contributed by atoms with E-state index in [1.807, 2.05) is 36.4 Å². The third kappa shape index (κ3) is 2.95. The van der Waals surface area contributed by atoms with E-state index < -0.39 is 0 Å². The van der Waals surface area contributed by atoms with E-state index in [-0.39, 0.29) is 11.5 Å². The van der Waals surface area contributed by atoms with Crippen molar-refractivity contribution in [2.75, 3.05) is 14.2 Å². The minimum absolute atomic E-state index is 0.220. The molecule has 5 heteroatoms. The van der Waals surface area contributed by atoms with Crippen molar-refractivity contribution in [2.45, 2.75) is 0 Å². The van der Waals surface area contributed by atoms with Crippen molar-refractivity contribution in [3.8, 4) is 17.2 Å². The van der Waals surface area contributed by atoms with Crippen LogP contribution in [0.5, 0.6) is 17.2 Å². The smallest absolute Gasteiger partial charge is 0.235 e. The van der Waals surface area contributed by atoms with Crippen LogP contribution in [0.2, 0.25) is 0 Å². The number of methoxy groups -OCH3 is 2. The molecule has 0 fully saturated rings. The van der Waals surface area contributed by atoms with Gasteiger partial charge in [-0.05, 0) is 27.6 Å². The summed E-state index contributed by atoms with van der Waals surface area (Å²) >= 11 is 3.41. The van der Waals surface area contributed by atoms with Gasteiger partial charge in [-0.25, -0.2) is 0 Å². The minimum Gasteiger partial charge on any atom is -0.496 e. The zero-order valence-corrected chi connectivity index (χ0v) is 14.8. The molecule has 0 amide bonds. The third-order valence-corrected chi connectivity index (χ3v) is 4.34. The van der Waals surface area contributed by atoms with Gasteiger partial charge in [-0.3, -0.25) is 4.79 Å². The third-order valence-electron chi connectivity index (χ3n) is 3.59. The molecule has 0 spiro atoms. The maximum Gasteiger partial charge on any atom is 0.235 e. The molecule has 0 atom stereocenters. The molecule has 24 heavy (non-hydrogen) atoms. The lowest BCUT2D eigenvalue weighted by molar-refractivity contribution is 0.101. The van der Waals surface area contributed by atoms with Gasteiger partial charge >= 0.3 is 0 Å². The van der Waals surface area contributed by atoms with Crippen molar-refractivity contribution in [3.05, 3.63) is 69.9 Å². The second-order valence-corrected chi connectivity index (χ2v) is 5.82. The molecule has 2 aromatic carbocycles. The lowest BCUT2D eigenvalue weighted by Gasteiger charge is -2.10. The summed E-state index contributed by atoms with van der Waals surface area (Å²) in [4.78, 5) is 12.6. The number of rotatable bonds is 4. The van der Waals surface area contributed by atoms with E-state index in [0.717, 1.165) is 5.56 Å². The molecule has 122 valence electrons. The first-order valence-corrected chi connectivity index (χ1v) is 8.05. The van der Waals surface area contributed by atoms with Crippen molar-refractivity contribution < 1.29 is 19.0 Å². The Morgan fingerprint density at radius 1 is 1.08 bits per heavy atom. The van der Waals surface area contributed by atoms with Crippen molar-refractivity contribution >= 4 is 27.8 Å². The first kappa shape index (κ1) is 16.3. The van der Waals surface area contributed by atoms with Crippen molar-refractivity contribution in [1.29, 1.82) is 0 Å². The second-order valence-electron chi connectivity index (χ2n) is 5.03. The minimum atomic E-state index is -0.220. The van der Waals surface area contributed by atoms with Gasteiger partial charge in [0.1, 0.15) is 21.5 Å². The summed E-state index contributed by atoms with van der Waals surface area (Å²) in [6, 6.07) is 11.5. The number of allylic oxidation sites excluding steroid dienone is 3. The summed E-state index contributed by atoms with van der Waals surface area (Å²) in [6.45, 7) is 0. The Kier molecular flexibility index (Phi) is 4.71. The number of ether oxygens (including phenoxy) is 3. The summed E-state index contributed by atoms with van der Waals surface area (Å²) in [5.74, 6) is 1.40. The van der Waals surface area contributed by atoms with Crippen LogP contribution in [0, 0.1) is 0 Å². The maximum absolute atomic E-state index is 12.6. The number of hydrogen-bond donors (Lipinski definition) is 0. The van der Waals surface area contributed by atoms with Crippen LogP contribution in [0.25, 0.3) is 6.08 Å². The Balaban J connectivity index is 1.94. The fourth-order valence-corrected chi connectivity index (χ4v) is 2.96. The molecule has 0 aromatic heterocycles. The van der Waals surface area contributed by atoms with Crippen LogP contribution >= 0.6 is 15.9 Å². The van der Waals surface area contributed by atoms with E-state index in [4.69, 9.17) is 14.2 Å². The van der Waals surface area contributed by atoms with Gasteiger partial charge in [0.2, 0.25) is 5.78 Å². The van der Waals surface area contributed by atoms with Gasteiger partial charge in [0, 0.05) is 6.07 Å². The topological polar surface area (TPSA) is 44.8 Å². The Morgan fingerprint density at radius 2 is 1.79 bits per heavy atom. The average Bonchev–Trinajstić information content (AvgIpc) is 2.94. The number of fused-ring (bicyclic) bond motifs is 1. The quantitative estimate of drug-likeness (QED) is 0.718. The van der Waals surface area contributed by atoms with E-state index in [1.165, 1.54) is 7.11 Å². The van der Waals surface area contributed by atoms with Crippen molar-refractivity contribution in [1.82, 2.24) is 0 Å². The summed E-state index contributed by atoms with van der Waals surface area (Å²) in [5.41, 5.74) is 1.43. The Hall–Kier alpha value is -2.53. The van der Waals surface area contributed by atoms with Crippen LogP contribution in [0.1, 0.15) is 15.9 Å². The number of benzene rings is 2. The predicted molar refractivity (Wildman–Crippen MR) is 95.8 cm³/mol. The molecule has 2 aromatic rings. The normalized spacial score (nSPS) is 14.8. The molecule has 0 saturated carbocycles. The summed E-state index contributed by atoms with van der Waals surface area (Å²) in [7, 11) is 3.05. The first-order valence-electron chi connectivity index (χ1n) is 7.26. The van der Waals surface area contributed by atoms with E-state index in [1.54, 1.807) is 25.3 Å². The molecule has 0 bridgehead atoms. The lowest BCUT2D eigenvalue weighted by atomic mass is 10.1. The summed E-state index contributed by atoms with van der Waals surface area (Å²) in [5, 5.41) is 0. The van der Waals surface area contributed by atoms with Crippen LogP contribution < -0.4 is 14.2 Å². The average molecular weight is 387 g/mol. The zero-order valence-electron chi connectivity index (χ0n) is 13.2. The number of Topliss-reactive ketones (excluding diaryl/α,β-unsaturated/α-hetero) is 1. The fourth-order valence-electron chi connectivity index (χ4n) is 2.41. The molecule has 4 nitrogen and oxygen atoms in total.